The van der Waals surface area contributed by atoms with Crippen molar-refractivity contribution in [2.24, 2.45) is 7.05 Å². The number of piperidine rings is 1. The predicted molar refractivity (Wildman–Crippen MR) is 144 cm³/mol. The largest absolute Gasteiger partial charge is 0.464 e. The Balaban J connectivity index is 1.63. The quantitative estimate of drug-likeness (QED) is 0.371. The maximum absolute atomic E-state index is 15.5. The number of nitrogens with zero attached hydrogens (tertiary/aromatic N) is 6. The van der Waals surface area contributed by atoms with Crippen molar-refractivity contribution in [3.05, 3.63) is 42.0 Å². The molecule has 0 radical (unpaired) electrons. The van der Waals surface area contributed by atoms with E-state index in [1.54, 1.807) is 26.4 Å². The number of carbonyl (C=O) groups is 1. The van der Waals surface area contributed by atoms with Gasteiger partial charge in [-0.1, -0.05) is 0 Å². The molecular formula is C27H32FN7O3. The monoisotopic (exact) mass is 521 g/mol. The smallest absolute Gasteiger partial charge is 0.270 e. The van der Waals surface area contributed by atoms with Crippen molar-refractivity contribution >= 4 is 33.4 Å². The SMILES string of the molecule is CNC(=O)c1nc(-c2cc3cn(C)nc3c(F)c2OCOC)nc2ccc(N3CCC(N(C)C)CC3)cc12. The van der Waals surface area contributed by atoms with E-state index in [1.165, 1.54) is 11.8 Å². The maximum atomic E-state index is 15.5. The van der Waals surface area contributed by atoms with Crippen LogP contribution < -0.4 is 15.0 Å². The Bertz CT molecular complexity index is 1500. The second-order valence-corrected chi connectivity index (χ2v) is 9.72. The van der Waals surface area contributed by atoms with Gasteiger partial charge in [-0.25, -0.2) is 14.4 Å². The lowest BCUT2D eigenvalue weighted by Crippen LogP contribution is -2.41. The van der Waals surface area contributed by atoms with Crippen molar-refractivity contribution in [2.45, 2.75) is 18.9 Å². The lowest BCUT2D eigenvalue weighted by atomic mass is 10.0. The molecule has 1 aliphatic heterocycles. The predicted octanol–water partition coefficient (Wildman–Crippen LogP) is 3.20. The maximum Gasteiger partial charge on any atom is 0.270 e. The summed E-state index contributed by atoms with van der Waals surface area (Å²) < 4.78 is 27.7. The molecule has 0 atom stereocenters. The van der Waals surface area contributed by atoms with E-state index in [4.69, 9.17) is 14.5 Å². The van der Waals surface area contributed by atoms with Crippen LogP contribution in [0.5, 0.6) is 5.75 Å². The Kier molecular flexibility index (Phi) is 7.13. The zero-order valence-electron chi connectivity index (χ0n) is 22.3. The van der Waals surface area contributed by atoms with Crippen LogP contribution in [0.4, 0.5) is 10.1 Å². The number of halogens is 1. The Morgan fingerprint density at radius 2 is 1.97 bits per heavy atom. The molecule has 0 saturated carbocycles. The van der Waals surface area contributed by atoms with Crippen LogP contribution in [0.15, 0.2) is 30.5 Å². The summed E-state index contributed by atoms with van der Waals surface area (Å²) in [5.74, 6) is -0.909. The molecule has 2 aromatic carbocycles. The standard InChI is InChI=1S/C27H32FN7O3/c1-29-27(36)24-19-13-18(35-10-8-17(9-11-35)33(2)3)6-7-21(19)30-26(31-24)20-12-16-14-34(4)32-23(16)22(28)25(20)38-15-37-5/h6-7,12-14,17H,8-11,15H2,1-5H3,(H,29,36). The normalized spacial score (nSPS) is 14.6. The van der Waals surface area contributed by atoms with Crippen LogP contribution in [0.3, 0.4) is 0 Å². The molecule has 200 valence electrons. The minimum absolute atomic E-state index is 0.0827. The summed E-state index contributed by atoms with van der Waals surface area (Å²) >= 11 is 0. The fourth-order valence-electron chi connectivity index (χ4n) is 5.02. The molecule has 1 saturated heterocycles. The molecule has 0 unspecified atom stereocenters. The zero-order valence-corrected chi connectivity index (χ0v) is 22.3. The summed E-state index contributed by atoms with van der Waals surface area (Å²) in [7, 11) is 8.95. The molecule has 1 aliphatic rings. The highest BCUT2D eigenvalue weighted by molar-refractivity contribution is 6.06. The van der Waals surface area contributed by atoms with E-state index in [-0.39, 0.29) is 35.5 Å². The Hall–Kier alpha value is -3.83. The lowest BCUT2D eigenvalue weighted by molar-refractivity contribution is 0.0489. The van der Waals surface area contributed by atoms with E-state index in [2.05, 4.69) is 39.3 Å². The summed E-state index contributed by atoms with van der Waals surface area (Å²) in [6, 6.07) is 8.14. The highest BCUT2D eigenvalue weighted by Crippen LogP contribution is 2.37. The molecular weight excluding hydrogens is 489 g/mol. The molecule has 0 spiro atoms. The highest BCUT2D eigenvalue weighted by atomic mass is 19.1. The van der Waals surface area contributed by atoms with Gasteiger partial charge in [0.25, 0.3) is 5.91 Å². The molecule has 1 fully saturated rings. The van der Waals surface area contributed by atoms with Crippen LogP contribution in [0, 0.1) is 5.82 Å². The molecule has 4 aromatic rings. The third-order valence-corrected chi connectivity index (χ3v) is 7.05. The molecule has 38 heavy (non-hydrogen) atoms. The molecule has 5 rings (SSSR count). The van der Waals surface area contributed by atoms with Crippen molar-refractivity contribution in [3.8, 4) is 17.1 Å². The molecule has 10 nitrogen and oxygen atoms in total. The van der Waals surface area contributed by atoms with Crippen molar-refractivity contribution in [2.75, 3.05) is 53.0 Å². The number of amides is 1. The number of ether oxygens (including phenoxy) is 2. The number of benzene rings is 2. The van der Waals surface area contributed by atoms with Gasteiger partial charge in [0.05, 0.1) is 11.1 Å². The second-order valence-electron chi connectivity index (χ2n) is 9.72. The van der Waals surface area contributed by atoms with Gasteiger partial charge in [0.15, 0.2) is 24.2 Å². The van der Waals surface area contributed by atoms with Crippen LogP contribution in [0.25, 0.3) is 33.2 Å². The fourth-order valence-corrected chi connectivity index (χ4v) is 5.02. The average molecular weight is 522 g/mol. The van der Waals surface area contributed by atoms with Crippen LogP contribution in [-0.2, 0) is 11.8 Å². The van der Waals surface area contributed by atoms with Crippen LogP contribution in [0.2, 0.25) is 0 Å². The summed E-state index contributed by atoms with van der Waals surface area (Å²) in [6.07, 6.45) is 3.83. The van der Waals surface area contributed by atoms with E-state index in [1.807, 2.05) is 18.2 Å². The first-order valence-electron chi connectivity index (χ1n) is 12.5. The number of fused-ring (bicyclic) bond motifs is 2. The van der Waals surface area contributed by atoms with Crippen molar-refractivity contribution in [3.63, 3.8) is 0 Å². The first-order valence-corrected chi connectivity index (χ1v) is 12.5. The molecule has 0 aliphatic carbocycles. The van der Waals surface area contributed by atoms with Gasteiger partial charge in [0.1, 0.15) is 11.2 Å². The van der Waals surface area contributed by atoms with Crippen molar-refractivity contribution in [1.29, 1.82) is 0 Å². The van der Waals surface area contributed by atoms with Gasteiger partial charge in [0, 0.05) is 63.0 Å². The number of rotatable bonds is 7. The van der Waals surface area contributed by atoms with Crippen molar-refractivity contribution < 1.29 is 18.7 Å². The van der Waals surface area contributed by atoms with Gasteiger partial charge >= 0.3 is 0 Å². The number of hydrogen-bond acceptors (Lipinski definition) is 8. The molecule has 1 N–H and O–H groups in total. The van der Waals surface area contributed by atoms with Gasteiger partial charge in [0.2, 0.25) is 0 Å². The highest BCUT2D eigenvalue weighted by Gasteiger charge is 2.25. The number of anilines is 1. The van der Waals surface area contributed by atoms with E-state index < -0.39 is 5.82 Å². The van der Waals surface area contributed by atoms with Gasteiger partial charge in [-0.05, 0) is 51.2 Å². The average Bonchev–Trinajstić information content (AvgIpc) is 3.31. The van der Waals surface area contributed by atoms with Gasteiger partial charge in [-0.2, -0.15) is 5.10 Å². The number of nitrogens with one attached hydrogen (secondary N) is 1. The third-order valence-electron chi connectivity index (χ3n) is 7.05. The first kappa shape index (κ1) is 25.8. The number of hydrogen-bond donors (Lipinski definition) is 1. The molecule has 1 amide bonds. The minimum atomic E-state index is -0.642. The fraction of sp³-hybridized carbons (Fsp3) is 0.407. The van der Waals surface area contributed by atoms with Crippen LogP contribution in [-0.4, -0.2) is 84.7 Å². The van der Waals surface area contributed by atoms with Crippen LogP contribution >= 0.6 is 0 Å². The molecule has 2 aromatic heterocycles. The lowest BCUT2D eigenvalue weighted by Gasteiger charge is -2.36. The molecule has 3 heterocycles. The summed E-state index contributed by atoms with van der Waals surface area (Å²) in [5, 5.41) is 8.07. The number of methoxy groups -OCH3 is 1. The summed E-state index contributed by atoms with van der Waals surface area (Å²) in [4.78, 5) is 27.0. The summed E-state index contributed by atoms with van der Waals surface area (Å²) in [5.41, 5.74) is 2.27. The van der Waals surface area contributed by atoms with Crippen molar-refractivity contribution in [1.82, 2.24) is 30.0 Å². The minimum Gasteiger partial charge on any atom is -0.464 e. The number of aryl methyl sites for hydroxylation is 1. The van der Waals surface area contributed by atoms with E-state index >= 15 is 4.39 Å². The molecule has 11 heteroatoms. The number of carbonyl (C=O) groups excluding carboxylic acids is 1. The van der Waals surface area contributed by atoms with E-state index in [0.717, 1.165) is 31.6 Å². The topological polar surface area (TPSA) is 97.6 Å². The Morgan fingerprint density at radius 1 is 1.21 bits per heavy atom. The van der Waals surface area contributed by atoms with E-state index in [9.17, 15) is 4.79 Å². The third kappa shape index (κ3) is 4.74. The Labute approximate surface area is 220 Å². The van der Waals surface area contributed by atoms with E-state index in [0.29, 0.717) is 27.9 Å². The first-order chi connectivity index (χ1) is 18.3. The second kappa shape index (κ2) is 10.5. The van der Waals surface area contributed by atoms with Crippen LogP contribution in [0.1, 0.15) is 23.3 Å². The molecule has 0 bridgehead atoms. The van der Waals surface area contributed by atoms with Gasteiger partial charge in [-0.15, -0.1) is 0 Å². The Morgan fingerprint density at radius 3 is 2.66 bits per heavy atom. The summed E-state index contributed by atoms with van der Waals surface area (Å²) in [6.45, 7) is 1.67. The number of aromatic nitrogens is 4. The zero-order chi connectivity index (χ0) is 27.0. The van der Waals surface area contributed by atoms with Gasteiger partial charge < -0.3 is 24.6 Å². The van der Waals surface area contributed by atoms with Gasteiger partial charge in [-0.3, -0.25) is 9.48 Å².